The third-order valence-corrected chi connectivity index (χ3v) is 4.83. The lowest BCUT2D eigenvalue weighted by Crippen LogP contribution is -2.00. The Bertz CT molecular complexity index is 1200. The van der Waals surface area contributed by atoms with E-state index in [1.165, 1.54) is 0 Å². The summed E-state index contributed by atoms with van der Waals surface area (Å²) in [6.07, 6.45) is 7.54. The van der Waals surface area contributed by atoms with Crippen LogP contribution in [0.25, 0.3) is 22.2 Å². The van der Waals surface area contributed by atoms with Crippen LogP contribution in [0.4, 0.5) is 11.6 Å². The Labute approximate surface area is 163 Å². The SMILES string of the molecule is Cc1c(C#N)cccc1Nc1nccc(-c2cn(C(C)C)c3cnccc23)n1. The molecule has 0 saturated heterocycles. The molecular formula is C22H20N6. The summed E-state index contributed by atoms with van der Waals surface area (Å²) < 4.78 is 2.20. The van der Waals surface area contributed by atoms with Crippen LogP contribution in [-0.2, 0) is 0 Å². The van der Waals surface area contributed by atoms with Gasteiger partial charge in [0.25, 0.3) is 0 Å². The van der Waals surface area contributed by atoms with Gasteiger partial charge in [-0.2, -0.15) is 5.26 Å². The Kier molecular flexibility index (Phi) is 4.50. The van der Waals surface area contributed by atoms with Gasteiger partial charge in [0, 0.05) is 41.3 Å². The zero-order valence-electron chi connectivity index (χ0n) is 16.0. The normalized spacial score (nSPS) is 11.0. The van der Waals surface area contributed by atoms with Gasteiger partial charge >= 0.3 is 0 Å². The van der Waals surface area contributed by atoms with Gasteiger partial charge in [-0.05, 0) is 50.6 Å². The highest BCUT2D eigenvalue weighted by Gasteiger charge is 2.14. The van der Waals surface area contributed by atoms with Crippen LogP contribution in [0.15, 0.2) is 55.1 Å². The molecule has 0 unspecified atom stereocenters. The van der Waals surface area contributed by atoms with E-state index in [9.17, 15) is 5.26 Å². The lowest BCUT2D eigenvalue weighted by molar-refractivity contribution is 0.622. The van der Waals surface area contributed by atoms with E-state index in [0.717, 1.165) is 33.4 Å². The zero-order chi connectivity index (χ0) is 19.7. The number of hydrogen-bond acceptors (Lipinski definition) is 5. The summed E-state index contributed by atoms with van der Waals surface area (Å²) in [5.74, 6) is 0.496. The fourth-order valence-corrected chi connectivity index (χ4v) is 3.31. The predicted octanol–water partition coefficient (Wildman–Crippen LogP) is 5.00. The first-order chi connectivity index (χ1) is 13.6. The average molecular weight is 368 g/mol. The summed E-state index contributed by atoms with van der Waals surface area (Å²) in [5, 5.41) is 13.6. The number of rotatable bonds is 4. The van der Waals surface area contributed by atoms with Crippen molar-refractivity contribution in [2.24, 2.45) is 0 Å². The van der Waals surface area contributed by atoms with Gasteiger partial charge in [0.15, 0.2) is 0 Å². The molecule has 0 spiro atoms. The standard InChI is InChI=1S/C22H20N6/c1-14(2)28-13-18(17-7-9-24-12-21(17)28)20-8-10-25-22(27-20)26-19-6-4-5-16(11-23)15(19)3/h4-10,12-14H,1-3H3,(H,25,26,27). The second-order valence-electron chi connectivity index (χ2n) is 6.92. The number of aromatic nitrogens is 4. The van der Waals surface area contributed by atoms with Gasteiger partial charge in [0.1, 0.15) is 0 Å². The highest BCUT2D eigenvalue weighted by atomic mass is 15.1. The number of hydrogen-bond donors (Lipinski definition) is 1. The first kappa shape index (κ1) is 17.7. The molecule has 0 bridgehead atoms. The van der Waals surface area contributed by atoms with Crippen molar-refractivity contribution in [3.63, 3.8) is 0 Å². The fraction of sp³-hybridized carbons (Fsp3) is 0.182. The van der Waals surface area contributed by atoms with Gasteiger partial charge in [-0.15, -0.1) is 0 Å². The predicted molar refractivity (Wildman–Crippen MR) is 110 cm³/mol. The Morgan fingerprint density at radius 2 is 2.00 bits per heavy atom. The monoisotopic (exact) mass is 368 g/mol. The molecule has 4 rings (SSSR count). The highest BCUT2D eigenvalue weighted by molar-refractivity contribution is 5.94. The van der Waals surface area contributed by atoms with Crippen LogP contribution in [-0.4, -0.2) is 19.5 Å². The van der Waals surface area contributed by atoms with Gasteiger partial charge in [0.05, 0.1) is 29.0 Å². The number of nitrogens with one attached hydrogen (secondary N) is 1. The molecule has 0 aliphatic carbocycles. The minimum atomic E-state index is 0.316. The van der Waals surface area contributed by atoms with Gasteiger partial charge < -0.3 is 9.88 Å². The summed E-state index contributed by atoms with van der Waals surface area (Å²) in [6.45, 7) is 6.20. The number of fused-ring (bicyclic) bond motifs is 1. The molecule has 1 N–H and O–H groups in total. The summed E-state index contributed by atoms with van der Waals surface area (Å²) in [7, 11) is 0. The van der Waals surface area contributed by atoms with E-state index in [1.54, 1.807) is 18.5 Å². The Hall–Kier alpha value is -3.72. The second kappa shape index (κ2) is 7.12. The largest absolute Gasteiger partial charge is 0.343 e. The molecule has 3 heterocycles. The third-order valence-electron chi connectivity index (χ3n) is 4.83. The second-order valence-corrected chi connectivity index (χ2v) is 6.92. The zero-order valence-corrected chi connectivity index (χ0v) is 16.0. The van der Waals surface area contributed by atoms with Gasteiger partial charge in [0.2, 0.25) is 5.95 Å². The molecule has 0 atom stereocenters. The lowest BCUT2D eigenvalue weighted by atomic mass is 10.1. The molecule has 0 saturated carbocycles. The summed E-state index contributed by atoms with van der Waals surface area (Å²) in [4.78, 5) is 13.3. The van der Waals surface area contributed by atoms with Gasteiger partial charge in [-0.1, -0.05) is 6.07 Å². The van der Waals surface area contributed by atoms with Crippen molar-refractivity contribution in [3.05, 3.63) is 66.2 Å². The Morgan fingerprint density at radius 1 is 1.14 bits per heavy atom. The van der Waals surface area contributed by atoms with E-state index >= 15 is 0 Å². The van der Waals surface area contributed by atoms with Crippen molar-refractivity contribution >= 4 is 22.5 Å². The topological polar surface area (TPSA) is 79.4 Å². The van der Waals surface area contributed by atoms with Gasteiger partial charge in [-0.3, -0.25) is 4.98 Å². The number of anilines is 2. The minimum Gasteiger partial charge on any atom is -0.343 e. The van der Waals surface area contributed by atoms with Crippen LogP contribution in [0.3, 0.4) is 0 Å². The molecule has 6 nitrogen and oxygen atoms in total. The molecular weight excluding hydrogens is 348 g/mol. The van der Waals surface area contributed by atoms with E-state index in [-0.39, 0.29) is 0 Å². The molecule has 138 valence electrons. The third kappa shape index (κ3) is 3.08. The van der Waals surface area contributed by atoms with Crippen molar-refractivity contribution < 1.29 is 0 Å². The van der Waals surface area contributed by atoms with Crippen molar-refractivity contribution in [3.8, 4) is 17.3 Å². The van der Waals surface area contributed by atoms with Crippen molar-refractivity contribution in [2.45, 2.75) is 26.8 Å². The Balaban J connectivity index is 1.77. The summed E-state index contributed by atoms with van der Waals surface area (Å²) in [5.41, 5.74) is 5.29. The number of pyridine rings is 1. The van der Waals surface area contributed by atoms with E-state index < -0.39 is 0 Å². The van der Waals surface area contributed by atoms with Crippen LogP contribution in [0.2, 0.25) is 0 Å². The first-order valence-electron chi connectivity index (χ1n) is 9.13. The maximum Gasteiger partial charge on any atom is 0.227 e. The molecule has 0 fully saturated rings. The average Bonchev–Trinajstić information content (AvgIpc) is 3.10. The maximum absolute atomic E-state index is 9.23. The van der Waals surface area contributed by atoms with E-state index in [4.69, 9.17) is 4.98 Å². The molecule has 0 amide bonds. The molecule has 1 aromatic carbocycles. The summed E-state index contributed by atoms with van der Waals surface area (Å²) in [6, 6.07) is 12.0. The molecule has 3 aromatic heterocycles. The van der Waals surface area contributed by atoms with Crippen LogP contribution in [0.1, 0.15) is 31.0 Å². The molecule has 28 heavy (non-hydrogen) atoms. The first-order valence-corrected chi connectivity index (χ1v) is 9.13. The lowest BCUT2D eigenvalue weighted by Gasteiger charge is -2.10. The number of nitrogens with zero attached hydrogens (tertiary/aromatic N) is 5. The van der Waals surface area contributed by atoms with Crippen molar-refractivity contribution in [1.29, 1.82) is 5.26 Å². The van der Waals surface area contributed by atoms with Crippen LogP contribution in [0.5, 0.6) is 0 Å². The van der Waals surface area contributed by atoms with Crippen LogP contribution < -0.4 is 5.32 Å². The molecule has 4 aromatic rings. The maximum atomic E-state index is 9.23. The number of nitriles is 1. The Morgan fingerprint density at radius 3 is 2.79 bits per heavy atom. The molecule has 0 aliphatic rings. The van der Waals surface area contributed by atoms with Gasteiger partial charge in [-0.25, -0.2) is 9.97 Å². The molecule has 0 radical (unpaired) electrons. The number of benzene rings is 1. The smallest absolute Gasteiger partial charge is 0.227 e. The van der Waals surface area contributed by atoms with E-state index in [0.29, 0.717) is 17.6 Å². The quantitative estimate of drug-likeness (QED) is 0.548. The highest BCUT2D eigenvalue weighted by Crippen LogP contribution is 2.31. The molecule has 6 heteroatoms. The van der Waals surface area contributed by atoms with Crippen molar-refractivity contribution in [1.82, 2.24) is 19.5 Å². The van der Waals surface area contributed by atoms with Crippen LogP contribution in [0, 0.1) is 18.3 Å². The van der Waals surface area contributed by atoms with Crippen molar-refractivity contribution in [2.75, 3.05) is 5.32 Å². The fourth-order valence-electron chi connectivity index (χ4n) is 3.31. The van der Waals surface area contributed by atoms with Crippen LogP contribution >= 0.6 is 0 Å². The minimum absolute atomic E-state index is 0.316. The van der Waals surface area contributed by atoms with E-state index in [1.807, 2.05) is 37.4 Å². The van der Waals surface area contributed by atoms with E-state index in [2.05, 4.69) is 46.0 Å². The summed E-state index contributed by atoms with van der Waals surface area (Å²) >= 11 is 0. The molecule has 0 aliphatic heterocycles.